The summed E-state index contributed by atoms with van der Waals surface area (Å²) in [5, 5.41) is 17.0. The fourth-order valence-corrected chi connectivity index (χ4v) is 2.32. The van der Waals surface area contributed by atoms with E-state index in [1.807, 2.05) is 0 Å². The summed E-state index contributed by atoms with van der Waals surface area (Å²) in [7, 11) is 0. The number of ketones is 1. The predicted molar refractivity (Wildman–Crippen MR) is 80.1 cm³/mol. The maximum absolute atomic E-state index is 12.6. The summed E-state index contributed by atoms with van der Waals surface area (Å²) < 4.78 is 39.1. The van der Waals surface area contributed by atoms with Crippen molar-refractivity contribution in [3.05, 3.63) is 53.9 Å². The summed E-state index contributed by atoms with van der Waals surface area (Å²) in [5.74, 6) is -1.82. The Morgan fingerprint density at radius 3 is 2.64 bits per heavy atom. The molecule has 2 aromatic heterocycles. The number of pyridine rings is 1. The number of benzene rings is 1. The number of alkyl halides is 3. The lowest BCUT2D eigenvalue weighted by molar-refractivity contribution is -0.137. The maximum Gasteiger partial charge on any atom is 0.417 e. The number of carbonyl (C=O) groups is 1. The number of carbonyl (C=O) groups excluding carboxylic acids is 1. The van der Waals surface area contributed by atoms with Crippen LogP contribution in [0.3, 0.4) is 0 Å². The SMILES string of the molecule is N#C[C@@H](C(=O)Cn1nnc2ccccc21)c1ccc(C(F)(F)F)cn1. The number of Topliss-reactive ketones (excluding diaryl/α,β-unsaturated/α-hetero) is 1. The van der Waals surface area contributed by atoms with Gasteiger partial charge in [-0.3, -0.25) is 9.78 Å². The van der Waals surface area contributed by atoms with Crippen LogP contribution in [0.1, 0.15) is 17.2 Å². The van der Waals surface area contributed by atoms with Crippen molar-refractivity contribution in [3.63, 3.8) is 0 Å². The molecule has 0 aliphatic carbocycles. The normalized spacial score (nSPS) is 12.7. The summed E-state index contributed by atoms with van der Waals surface area (Å²) in [5.41, 5.74) is 0.233. The molecule has 6 nitrogen and oxygen atoms in total. The standard InChI is InChI=1S/C16H10F3N5O/c17-16(18,19)10-5-6-12(21-8-10)11(7-20)15(25)9-24-14-4-2-1-3-13(14)22-23-24/h1-6,8,11H,9H2/t11-/m1/s1. The first-order chi connectivity index (χ1) is 11.9. The summed E-state index contributed by atoms with van der Waals surface area (Å²) in [6.07, 6.45) is -3.92. The van der Waals surface area contributed by atoms with Crippen molar-refractivity contribution in [2.45, 2.75) is 18.6 Å². The predicted octanol–water partition coefficient (Wildman–Crippen LogP) is 2.72. The Balaban J connectivity index is 1.83. The van der Waals surface area contributed by atoms with Gasteiger partial charge in [-0.15, -0.1) is 5.10 Å². The molecule has 0 radical (unpaired) electrons. The van der Waals surface area contributed by atoms with Gasteiger partial charge in [0.2, 0.25) is 0 Å². The molecule has 0 spiro atoms. The molecule has 126 valence electrons. The van der Waals surface area contributed by atoms with Crippen LogP contribution in [0.15, 0.2) is 42.6 Å². The molecular formula is C16H10F3N5O. The van der Waals surface area contributed by atoms with E-state index in [0.717, 1.165) is 12.1 Å². The van der Waals surface area contributed by atoms with E-state index in [4.69, 9.17) is 0 Å². The quantitative estimate of drug-likeness (QED) is 0.726. The Bertz CT molecular complexity index is 956. The molecule has 25 heavy (non-hydrogen) atoms. The Morgan fingerprint density at radius 1 is 1.24 bits per heavy atom. The first-order valence-electron chi connectivity index (χ1n) is 7.14. The van der Waals surface area contributed by atoms with Crippen molar-refractivity contribution in [2.24, 2.45) is 0 Å². The molecule has 3 aromatic rings. The van der Waals surface area contributed by atoms with Gasteiger partial charge in [-0.25, -0.2) is 4.68 Å². The second-order valence-corrected chi connectivity index (χ2v) is 5.23. The van der Waals surface area contributed by atoms with Crippen molar-refractivity contribution in [1.82, 2.24) is 20.0 Å². The van der Waals surface area contributed by atoms with E-state index in [1.54, 1.807) is 30.3 Å². The minimum Gasteiger partial charge on any atom is -0.296 e. The van der Waals surface area contributed by atoms with Crippen LogP contribution in [0.5, 0.6) is 0 Å². The Labute approximate surface area is 139 Å². The molecule has 0 bridgehead atoms. The Hall–Kier alpha value is -3.28. The number of hydrogen-bond donors (Lipinski definition) is 0. The van der Waals surface area contributed by atoms with E-state index < -0.39 is 23.4 Å². The first kappa shape index (κ1) is 16.6. The lowest BCUT2D eigenvalue weighted by Crippen LogP contribution is -2.19. The van der Waals surface area contributed by atoms with Crippen LogP contribution in [0.4, 0.5) is 13.2 Å². The molecule has 2 heterocycles. The number of nitriles is 1. The molecule has 0 aliphatic rings. The lowest BCUT2D eigenvalue weighted by Gasteiger charge is -2.10. The first-order valence-corrected chi connectivity index (χ1v) is 7.14. The van der Waals surface area contributed by atoms with E-state index in [1.165, 1.54) is 4.68 Å². The maximum atomic E-state index is 12.6. The van der Waals surface area contributed by atoms with Crippen molar-refractivity contribution < 1.29 is 18.0 Å². The number of para-hydroxylation sites is 1. The fourth-order valence-electron chi connectivity index (χ4n) is 2.32. The van der Waals surface area contributed by atoms with Crippen molar-refractivity contribution >= 4 is 16.8 Å². The van der Waals surface area contributed by atoms with Crippen LogP contribution >= 0.6 is 0 Å². The minimum absolute atomic E-state index is 0.0371. The highest BCUT2D eigenvalue weighted by Crippen LogP contribution is 2.29. The molecule has 0 aliphatic heterocycles. The smallest absolute Gasteiger partial charge is 0.296 e. The van der Waals surface area contributed by atoms with Gasteiger partial charge < -0.3 is 0 Å². The number of nitrogens with zero attached hydrogens (tertiary/aromatic N) is 5. The zero-order valence-electron chi connectivity index (χ0n) is 12.6. The van der Waals surface area contributed by atoms with Gasteiger partial charge in [0.15, 0.2) is 5.78 Å². The van der Waals surface area contributed by atoms with Crippen LogP contribution in [0.2, 0.25) is 0 Å². The zero-order valence-corrected chi connectivity index (χ0v) is 12.6. The summed E-state index contributed by atoms with van der Waals surface area (Å²) in [6.45, 7) is -0.235. The topological polar surface area (TPSA) is 84.5 Å². The average molecular weight is 345 g/mol. The number of rotatable bonds is 4. The molecule has 0 saturated heterocycles. The van der Waals surface area contributed by atoms with E-state index in [2.05, 4.69) is 15.3 Å². The van der Waals surface area contributed by atoms with Gasteiger partial charge in [-0.05, 0) is 24.3 Å². The fraction of sp³-hybridized carbons (Fsp3) is 0.188. The van der Waals surface area contributed by atoms with Crippen LogP contribution in [0, 0.1) is 11.3 Å². The molecule has 0 N–H and O–H groups in total. The molecule has 1 atom stereocenters. The molecule has 3 rings (SSSR count). The Morgan fingerprint density at radius 2 is 2.00 bits per heavy atom. The van der Waals surface area contributed by atoms with Gasteiger partial charge in [0.1, 0.15) is 18.0 Å². The van der Waals surface area contributed by atoms with Crippen LogP contribution in [-0.2, 0) is 17.5 Å². The van der Waals surface area contributed by atoms with Crippen molar-refractivity contribution in [2.75, 3.05) is 0 Å². The molecule has 0 fully saturated rings. The van der Waals surface area contributed by atoms with Gasteiger partial charge >= 0.3 is 6.18 Å². The number of fused-ring (bicyclic) bond motifs is 1. The highest BCUT2D eigenvalue weighted by atomic mass is 19.4. The molecular weight excluding hydrogens is 335 g/mol. The van der Waals surface area contributed by atoms with Crippen molar-refractivity contribution in [1.29, 1.82) is 5.26 Å². The van der Waals surface area contributed by atoms with E-state index in [0.29, 0.717) is 17.2 Å². The second-order valence-electron chi connectivity index (χ2n) is 5.23. The zero-order chi connectivity index (χ0) is 18.0. The van der Waals surface area contributed by atoms with E-state index >= 15 is 0 Å². The number of hydrogen-bond acceptors (Lipinski definition) is 5. The van der Waals surface area contributed by atoms with E-state index in [-0.39, 0.29) is 12.2 Å². The third-order valence-electron chi connectivity index (χ3n) is 3.59. The number of aromatic nitrogens is 4. The molecule has 1 aromatic carbocycles. The van der Waals surface area contributed by atoms with Gasteiger partial charge in [-0.2, -0.15) is 18.4 Å². The van der Waals surface area contributed by atoms with Gasteiger partial charge in [0.05, 0.1) is 22.8 Å². The van der Waals surface area contributed by atoms with Crippen LogP contribution in [-0.4, -0.2) is 25.8 Å². The highest BCUT2D eigenvalue weighted by molar-refractivity contribution is 5.88. The Kier molecular flexibility index (Phi) is 4.19. The summed E-state index contributed by atoms with van der Waals surface area (Å²) in [6, 6.07) is 10.6. The van der Waals surface area contributed by atoms with Gasteiger partial charge in [0, 0.05) is 6.20 Å². The monoisotopic (exact) mass is 345 g/mol. The molecule has 0 amide bonds. The van der Waals surface area contributed by atoms with Crippen LogP contribution < -0.4 is 0 Å². The highest BCUT2D eigenvalue weighted by Gasteiger charge is 2.31. The molecule has 0 saturated carbocycles. The number of halogens is 3. The van der Waals surface area contributed by atoms with Crippen LogP contribution in [0.25, 0.3) is 11.0 Å². The second kappa shape index (κ2) is 6.32. The van der Waals surface area contributed by atoms with Crippen molar-refractivity contribution in [3.8, 4) is 6.07 Å². The molecule has 9 heteroatoms. The summed E-state index contributed by atoms with van der Waals surface area (Å²) >= 11 is 0. The largest absolute Gasteiger partial charge is 0.417 e. The average Bonchev–Trinajstić information content (AvgIpc) is 2.98. The third kappa shape index (κ3) is 3.33. The molecule has 0 unspecified atom stereocenters. The van der Waals surface area contributed by atoms with Gasteiger partial charge in [-0.1, -0.05) is 17.3 Å². The summed E-state index contributed by atoms with van der Waals surface area (Å²) in [4.78, 5) is 16.0. The van der Waals surface area contributed by atoms with Gasteiger partial charge in [0.25, 0.3) is 0 Å². The minimum atomic E-state index is -4.53. The van der Waals surface area contributed by atoms with E-state index in [9.17, 15) is 23.2 Å². The third-order valence-corrected chi connectivity index (χ3v) is 3.59. The lowest BCUT2D eigenvalue weighted by atomic mass is 10.0.